The van der Waals surface area contributed by atoms with Crippen LogP contribution in [0.1, 0.15) is 57.4 Å². The maximum Gasteiger partial charge on any atom is 0.229 e. The fourth-order valence-electron chi connectivity index (χ4n) is 4.75. The van der Waals surface area contributed by atoms with Gasteiger partial charge in [0, 0.05) is 44.0 Å². The van der Waals surface area contributed by atoms with Gasteiger partial charge in [-0.15, -0.1) is 0 Å². The minimum absolute atomic E-state index is 0.0639. The average molecular weight is 346 g/mol. The maximum absolute atomic E-state index is 13.4. The first-order chi connectivity index (χ1) is 12.0. The quantitative estimate of drug-likeness (QED) is 0.842. The predicted octanol–water partition coefficient (Wildman–Crippen LogP) is 2.24. The zero-order valence-electron chi connectivity index (χ0n) is 15.6. The molecule has 1 aromatic heterocycles. The summed E-state index contributed by atoms with van der Waals surface area (Å²) in [4.78, 5) is 17.9. The van der Waals surface area contributed by atoms with E-state index in [1.165, 1.54) is 0 Å². The standard InChI is InChI=1S/C19H30N4O2/c1-14(2)23-16(4-9-20-23)17-15(5-13-25-17)18(24)22-12-8-19(22)6-10-21(3)11-7-19/h4,9,14-15,17H,5-8,10-13H2,1-3H3/t15-,17-/m1/s1. The molecular formula is C19H30N4O2. The Hall–Kier alpha value is -1.40. The van der Waals surface area contributed by atoms with Crippen molar-refractivity contribution >= 4 is 5.91 Å². The molecule has 25 heavy (non-hydrogen) atoms. The van der Waals surface area contributed by atoms with Gasteiger partial charge < -0.3 is 14.5 Å². The molecule has 4 heterocycles. The van der Waals surface area contributed by atoms with E-state index in [1.54, 1.807) is 0 Å². The predicted molar refractivity (Wildman–Crippen MR) is 95.2 cm³/mol. The minimum atomic E-state index is -0.152. The van der Waals surface area contributed by atoms with Gasteiger partial charge in [0.25, 0.3) is 0 Å². The lowest BCUT2D eigenvalue weighted by atomic mass is 9.75. The second-order valence-corrected chi connectivity index (χ2v) is 8.25. The van der Waals surface area contributed by atoms with E-state index in [0.29, 0.717) is 12.5 Å². The molecule has 2 atom stereocenters. The van der Waals surface area contributed by atoms with Crippen LogP contribution >= 0.6 is 0 Å². The van der Waals surface area contributed by atoms with Gasteiger partial charge in [-0.2, -0.15) is 5.10 Å². The molecule has 0 saturated carbocycles. The molecule has 3 aliphatic rings. The first-order valence-corrected chi connectivity index (χ1v) is 9.67. The Labute approximate surface area is 150 Å². The Morgan fingerprint density at radius 2 is 2.00 bits per heavy atom. The Bertz CT molecular complexity index is 633. The van der Waals surface area contributed by atoms with Gasteiger partial charge in [0.1, 0.15) is 6.10 Å². The van der Waals surface area contributed by atoms with Crippen molar-refractivity contribution < 1.29 is 9.53 Å². The lowest BCUT2D eigenvalue weighted by Crippen LogP contribution is -2.66. The monoisotopic (exact) mass is 346 g/mol. The van der Waals surface area contributed by atoms with Crippen molar-refractivity contribution in [3.63, 3.8) is 0 Å². The summed E-state index contributed by atoms with van der Waals surface area (Å²) in [6.45, 7) is 7.99. The van der Waals surface area contributed by atoms with Gasteiger partial charge in [0.2, 0.25) is 5.91 Å². The van der Waals surface area contributed by atoms with Gasteiger partial charge in [0.15, 0.2) is 0 Å². The number of hydrogen-bond acceptors (Lipinski definition) is 4. The number of aromatic nitrogens is 2. The molecule has 3 aliphatic heterocycles. The number of carbonyl (C=O) groups is 1. The van der Waals surface area contributed by atoms with Crippen LogP contribution in [0, 0.1) is 5.92 Å². The second-order valence-electron chi connectivity index (χ2n) is 8.25. The molecule has 0 unspecified atom stereocenters. The van der Waals surface area contributed by atoms with Crippen LogP contribution in [0.15, 0.2) is 12.3 Å². The molecule has 6 heteroatoms. The third kappa shape index (κ3) is 2.79. The highest BCUT2D eigenvalue weighted by Crippen LogP contribution is 2.44. The Morgan fingerprint density at radius 3 is 2.64 bits per heavy atom. The number of piperidine rings is 1. The van der Waals surface area contributed by atoms with E-state index >= 15 is 0 Å². The summed E-state index contributed by atoms with van der Waals surface area (Å²) in [6.07, 6.45) is 5.87. The molecule has 0 N–H and O–H groups in total. The molecule has 6 nitrogen and oxygen atoms in total. The van der Waals surface area contributed by atoms with E-state index in [2.05, 4.69) is 35.8 Å². The van der Waals surface area contributed by atoms with Gasteiger partial charge >= 0.3 is 0 Å². The molecule has 0 aliphatic carbocycles. The van der Waals surface area contributed by atoms with Crippen molar-refractivity contribution in [2.45, 2.75) is 57.2 Å². The lowest BCUT2D eigenvalue weighted by molar-refractivity contribution is -0.158. The SMILES string of the molecule is CC(C)n1nccc1[C@@H]1OCC[C@H]1C(=O)N1CCC12CCN(C)CC2. The Balaban J connectivity index is 1.52. The Kier molecular flexibility index (Phi) is 4.36. The highest BCUT2D eigenvalue weighted by molar-refractivity contribution is 5.81. The molecule has 3 saturated heterocycles. The molecule has 1 amide bonds. The van der Waals surface area contributed by atoms with Crippen molar-refractivity contribution in [3.05, 3.63) is 18.0 Å². The van der Waals surface area contributed by atoms with Crippen LogP contribution in [0.25, 0.3) is 0 Å². The molecule has 0 bridgehead atoms. The van der Waals surface area contributed by atoms with E-state index in [1.807, 2.05) is 16.9 Å². The van der Waals surface area contributed by atoms with Crippen molar-refractivity contribution in [1.82, 2.24) is 19.6 Å². The number of ether oxygens (including phenoxy) is 1. The van der Waals surface area contributed by atoms with Crippen LogP contribution in [0.4, 0.5) is 0 Å². The molecule has 1 spiro atoms. The number of amides is 1. The van der Waals surface area contributed by atoms with Crippen LogP contribution in [-0.2, 0) is 9.53 Å². The van der Waals surface area contributed by atoms with Crippen LogP contribution in [0.2, 0.25) is 0 Å². The van der Waals surface area contributed by atoms with Crippen molar-refractivity contribution in [1.29, 1.82) is 0 Å². The lowest BCUT2D eigenvalue weighted by Gasteiger charge is -2.57. The van der Waals surface area contributed by atoms with Gasteiger partial charge in [-0.3, -0.25) is 9.48 Å². The number of rotatable bonds is 3. The van der Waals surface area contributed by atoms with E-state index in [0.717, 1.165) is 51.0 Å². The summed E-state index contributed by atoms with van der Waals surface area (Å²) in [6, 6.07) is 2.28. The number of carbonyl (C=O) groups excluding carboxylic acids is 1. The van der Waals surface area contributed by atoms with E-state index < -0.39 is 0 Å². The molecular weight excluding hydrogens is 316 g/mol. The summed E-state index contributed by atoms with van der Waals surface area (Å²) in [5, 5.41) is 4.43. The van der Waals surface area contributed by atoms with Crippen LogP contribution in [0.3, 0.4) is 0 Å². The number of nitrogens with zero attached hydrogens (tertiary/aromatic N) is 4. The summed E-state index contributed by atoms with van der Waals surface area (Å²) in [7, 11) is 2.17. The summed E-state index contributed by atoms with van der Waals surface area (Å²) < 4.78 is 8.01. The first-order valence-electron chi connectivity index (χ1n) is 9.67. The second kappa shape index (κ2) is 6.40. The van der Waals surface area contributed by atoms with Crippen molar-refractivity contribution in [2.24, 2.45) is 5.92 Å². The third-order valence-corrected chi connectivity index (χ3v) is 6.45. The fourth-order valence-corrected chi connectivity index (χ4v) is 4.75. The molecule has 0 radical (unpaired) electrons. The van der Waals surface area contributed by atoms with Crippen LogP contribution in [-0.4, -0.2) is 64.3 Å². The molecule has 138 valence electrons. The highest BCUT2D eigenvalue weighted by atomic mass is 16.5. The highest BCUT2D eigenvalue weighted by Gasteiger charge is 2.51. The fraction of sp³-hybridized carbons (Fsp3) is 0.789. The van der Waals surface area contributed by atoms with E-state index in [4.69, 9.17) is 4.74 Å². The number of likely N-dealkylation sites (tertiary alicyclic amines) is 2. The van der Waals surface area contributed by atoms with Crippen LogP contribution in [0.5, 0.6) is 0 Å². The normalized spacial score (nSPS) is 29.4. The molecule has 4 rings (SSSR count). The van der Waals surface area contributed by atoms with Gasteiger partial charge in [-0.05, 0) is 52.6 Å². The summed E-state index contributed by atoms with van der Waals surface area (Å²) in [5.74, 6) is 0.237. The van der Waals surface area contributed by atoms with Gasteiger partial charge in [0.05, 0.1) is 11.6 Å². The average Bonchev–Trinajstić information content (AvgIpc) is 3.23. The van der Waals surface area contributed by atoms with Crippen LogP contribution < -0.4 is 0 Å². The Morgan fingerprint density at radius 1 is 1.28 bits per heavy atom. The third-order valence-electron chi connectivity index (χ3n) is 6.45. The van der Waals surface area contributed by atoms with Crippen molar-refractivity contribution in [2.75, 3.05) is 33.3 Å². The van der Waals surface area contributed by atoms with E-state index in [9.17, 15) is 4.79 Å². The maximum atomic E-state index is 13.4. The zero-order valence-corrected chi connectivity index (χ0v) is 15.6. The number of hydrogen-bond donors (Lipinski definition) is 0. The summed E-state index contributed by atoms with van der Waals surface area (Å²) >= 11 is 0. The molecule has 1 aromatic rings. The molecule has 0 aromatic carbocycles. The first kappa shape index (κ1) is 17.0. The van der Waals surface area contributed by atoms with Crippen molar-refractivity contribution in [3.8, 4) is 0 Å². The van der Waals surface area contributed by atoms with Gasteiger partial charge in [-0.25, -0.2) is 0 Å². The molecule has 3 fully saturated rings. The van der Waals surface area contributed by atoms with E-state index in [-0.39, 0.29) is 23.6 Å². The largest absolute Gasteiger partial charge is 0.371 e. The minimum Gasteiger partial charge on any atom is -0.371 e. The summed E-state index contributed by atoms with van der Waals surface area (Å²) in [5.41, 5.74) is 1.17. The van der Waals surface area contributed by atoms with Gasteiger partial charge in [-0.1, -0.05) is 0 Å². The smallest absolute Gasteiger partial charge is 0.229 e. The zero-order chi connectivity index (χ0) is 17.6. The topological polar surface area (TPSA) is 50.6 Å².